The smallest absolute Gasteiger partial charge is 0.266 e. The van der Waals surface area contributed by atoms with Crippen LogP contribution in [-0.4, -0.2) is 45.6 Å². The summed E-state index contributed by atoms with van der Waals surface area (Å²) in [7, 11) is 0. The zero-order chi connectivity index (χ0) is 21.4. The van der Waals surface area contributed by atoms with Crippen molar-refractivity contribution in [3.63, 3.8) is 0 Å². The van der Waals surface area contributed by atoms with Crippen LogP contribution in [0.3, 0.4) is 0 Å². The van der Waals surface area contributed by atoms with Gasteiger partial charge in [0.05, 0.1) is 33.8 Å². The minimum atomic E-state index is -0.231. The molecule has 7 nitrogen and oxygen atoms in total. The lowest BCUT2D eigenvalue weighted by molar-refractivity contribution is -0.215. The van der Waals surface area contributed by atoms with E-state index in [2.05, 4.69) is 21.6 Å². The average Bonchev–Trinajstić information content (AvgIpc) is 2.77. The molecule has 1 unspecified atom stereocenters. The van der Waals surface area contributed by atoms with Gasteiger partial charge >= 0.3 is 0 Å². The molecule has 160 valence electrons. The Bertz CT molecular complexity index is 1160. The third-order valence-electron chi connectivity index (χ3n) is 6.06. The third kappa shape index (κ3) is 4.05. The van der Waals surface area contributed by atoms with Gasteiger partial charge in [-0.25, -0.2) is 4.98 Å². The Kier molecular flexibility index (Phi) is 5.19. The molecule has 2 aliphatic heterocycles. The number of likely N-dealkylation sites (tertiary alicyclic amines) is 1. The molecular weight excluding hydrogens is 412 g/mol. The van der Waals surface area contributed by atoms with Gasteiger partial charge < -0.3 is 19.3 Å². The van der Waals surface area contributed by atoms with E-state index < -0.39 is 0 Å². The molecular formula is C23H24N4O3S. The number of carbonyl (C=O) groups excluding carboxylic acids is 1. The molecule has 1 spiro atoms. The molecule has 2 aliphatic rings. The van der Waals surface area contributed by atoms with E-state index in [-0.39, 0.29) is 17.1 Å². The topological polar surface area (TPSA) is 87.3 Å². The number of fused-ring (bicyclic) bond motifs is 1. The Morgan fingerprint density at radius 1 is 1.23 bits per heavy atom. The van der Waals surface area contributed by atoms with Crippen molar-refractivity contribution in [1.82, 2.24) is 14.9 Å². The number of ether oxygens (including phenoxy) is 1. The molecule has 0 bridgehead atoms. The fourth-order valence-corrected chi connectivity index (χ4v) is 5.25. The Balaban J connectivity index is 1.21. The largest absolute Gasteiger partial charge is 0.372 e. The van der Waals surface area contributed by atoms with Gasteiger partial charge in [0.15, 0.2) is 0 Å². The van der Waals surface area contributed by atoms with Crippen molar-refractivity contribution in [3.8, 4) is 0 Å². The lowest BCUT2D eigenvalue weighted by Crippen LogP contribution is -2.56. The molecule has 5 rings (SSSR count). The number of hydrogen-bond acceptors (Lipinski definition) is 6. The summed E-state index contributed by atoms with van der Waals surface area (Å²) < 4.78 is 9.22. The number of aromatic nitrogens is 2. The fourth-order valence-electron chi connectivity index (χ4n) is 4.48. The SMILES string of the molecule is CC1CC2(CCN(C(=O)c3ccc(NSc4cccc5ncc(=O)[nH]c45)cc3)CC2)O1. The number of piperidine rings is 1. The average molecular weight is 437 g/mol. The molecule has 2 aromatic carbocycles. The number of amides is 1. The molecule has 0 saturated carbocycles. The Labute approximate surface area is 184 Å². The second kappa shape index (κ2) is 8.01. The van der Waals surface area contributed by atoms with Crippen LogP contribution in [0.25, 0.3) is 11.0 Å². The number of rotatable bonds is 4. The minimum absolute atomic E-state index is 0.0165. The minimum Gasteiger partial charge on any atom is -0.372 e. The molecule has 2 saturated heterocycles. The van der Waals surface area contributed by atoms with Crippen LogP contribution in [0.1, 0.15) is 36.5 Å². The maximum atomic E-state index is 12.9. The lowest BCUT2D eigenvalue weighted by atomic mass is 9.81. The summed E-state index contributed by atoms with van der Waals surface area (Å²) in [5.41, 5.74) is 2.78. The molecule has 1 amide bonds. The van der Waals surface area contributed by atoms with Gasteiger partial charge in [-0.05, 0) is 68.1 Å². The molecule has 3 heterocycles. The second-order valence-corrected chi connectivity index (χ2v) is 9.14. The van der Waals surface area contributed by atoms with Crippen LogP contribution in [0, 0.1) is 0 Å². The van der Waals surface area contributed by atoms with Crippen molar-refractivity contribution >= 4 is 34.6 Å². The number of nitrogens with one attached hydrogen (secondary N) is 2. The summed E-state index contributed by atoms with van der Waals surface area (Å²) in [6.07, 6.45) is 4.57. The molecule has 2 N–H and O–H groups in total. The van der Waals surface area contributed by atoms with Gasteiger partial charge in [0, 0.05) is 30.8 Å². The number of H-pyrrole nitrogens is 1. The molecule has 3 aromatic rings. The van der Waals surface area contributed by atoms with Crippen LogP contribution >= 0.6 is 11.9 Å². The van der Waals surface area contributed by atoms with Gasteiger partial charge in [-0.15, -0.1) is 0 Å². The predicted molar refractivity (Wildman–Crippen MR) is 121 cm³/mol. The number of hydrogen-bond donors (Lipinski definition) is 2. The number of carbonyl (C=O) groups is 1. The first kappa shape index (κ1) is 20.1. The first-order chi connectivity index (χ1) is 15.0. The van der Waals surface area contributed by atoms with Crippen molar-refractivity contribution in [1.29, 1.82) is 0 Å². The van der Waals surface area contributed by atoms with E-state index in [1.165, 1.54) is 18.1 Å². The van der Waals surface area contributed by atoms with Crippen molar-refractivity contribution < 1.29 is 9.53 Å². The first-order valence-corrected chi connectivity index (χ1v) is 11.3. The molecule has 0 radical (unpaired) electrons. The summed E-state index contributed by atoms with van der Waals surface area (Å²) in [5, 5.41) is 0. The highest BCUT2D eigenvalue weighted by Crippen LogP contribution is 2.41. The number of anilines is 1. The highest BCUT2D eigenvalue weighted by Gasteiger charge is 2.45. The predicted octanol–water partition coefficient (Wildman–Crippen LogP) is 3.83. The summed E-state index contributed by atoms with van der Waals surface area (Å²) in [5.74, 6) is 0.0686. The molecule has 8 heteroatoms. The Morgan fingerprint density at radius 3 is 2.68 bits per heavy atom. The number of aromatic amines is 1. The number of benzene rings is 2. The van der Waals surface area contributed by atoms with Gasteiger partial charge in [0.25, 0.3) is 11.5 Å². The fraction of sp³-hybridized carbons (Fsp3) is 0.348. The van der Waals surface area contributed by atoms with Crippen molar-refractivity contribution in [2.24, 2.45) is 0 Å². The monoisotopic (exact) mass is 436 g/mol. The summed E-state index contributed by atoms with van der Waals surface area (Å²) in [6.45, 7) is 3.59. The van der Waals surface area contributed by atoms with Crippen LogP contribution in [0.15, 0.2) is 58.4 Å². The van der Waals surface area contributed by atoms with E-state index in [1.54, 1.807) is 0 Å². The third-order valence-corrected chi connectivity index (χ3v) is 6.95. The van der Waals surface area contributed by atoms with Gasteiger partial charge in [-0.3, -0.25) is 9.59 Å². The van der Waals surface area contributed by atoms with E-state index in [0.29, 0.717) is 17.2 Å². The number of nitrogens with zero attached hydrogens (tertiary/aromatic N) is 2. The van der Waals surface area contributed by atoms with Crippen LogP contribution in [0.4, 0.5) is 5.69 Å². The van der Waals surface area contributed by atoms with Crippen LogP contribution in [-0.2, 0) is 4.74 Å². The molecule has 1 aromatic heterocycles. The first-order valence-electron chi connectivity index (χ1n) is 10.5. The standard InChI is InChI=1S/C23H24N4O3S/c1-15-13-23(30-15)9-11-27(12-10-23)22(29)16-5-7-17(8-6-16)26-31-19-4-2-3-18-21(19)25-20(28)14-24-18/h2-8,14-15,26H,9-13H2,1H3,(H,25,28). The highest BCUT2D eigenvalue weighted by molar-refractivity contribution is 8.00. The van der Waals surface area contributed by atoms with Gasteiger partial charge in [0.2, 0.25) is 0 Å². The molecule has 2 fully saturated rings. The van der Waals surface area contributed by atoms with Gasteiger partial charge in [0.1, 0.15) is 0 Å². The van der Waals surface area contributed by atoms with Crippen LogP contribution in [0.5, 0.6) is 0 Å². The van der Waals surface area contributed by atoms with E-state index in [0.717, 1.165) is 48.5 Å². The summed E-state index contributed by atoms with van der Waals surface area (Å²) in [6, 6.07) is 13.2. The van der Waals surface area contributed by atoms with E-state index in [9.17, 15) is 9.59 Å². The normalized spacial score (nSPS) is 19.9. The molecule has 1 atom stereocenters. The quantitative estimate of drug-likeness (QED) is 0.605. The van der Waals surface area contributed by atoms with Crippen molar-refractivity contribution in [2.45, 2.75) is 42.8 Å². The summed E-state index contributed by atoms with van der Waals surface area (Å²) in [4.78, 5) is 34.3. The van der Waals surface area contributed by atoms with Gasteiger partial charge in [-0.1, -0.05) is 6.07 Å². The Morgan fingerprint density at radius 2 is 1.97 bits per heavy atom. The van der Waals surface area contributed by atoms with Crippen LogP contribution in [0.2, 0.25) is 0 Å². The highest BCUT2D eigenvalue weighted by atomic mass is 32.2. The van der Waals surface area contributed by atoms with Crippen molar-refractivity contribution in [2.75, 3.05) is 17.8 Å². The Hall–Kier alpha value is -2.84. The van der Waals surface area contributed by atoms with E-state index in [1.807, 2.05) is 47.4 Å². The zero-order valence-electron chi connectivity index (χ0n) is 17.3. The number of para-hydroxylation sites is 1. The lowest BCUT2D eigenvalue weighted by Gasteiger charge is -2.51. The zero-order valence-corrected chi connectivity index (χ0v) is 18.1. The maximum absolute atomic E-state index is 12.9. The van der Waals surface area contributed by atoms with Gasteiger partial charge in [-0.2, -0.15) is 0 Å². The molecule has 31 heavy (non-hydrogen) atoms. The van der Waals surface area contributed by atoms with E-state index in [4.69, 9.17) is 4.74 Å². The maximum Gasteiger partial charge on any atom is 0.266 e. The van der Waals surface area contributed by atoms with Crippen LogP contribution < -0.4 is 10.3 Å². The summed E-state index contributed by atoms with van der Waals surface area (Å²) >= 11 is 1.39. The second-order valence-electron chi connectivity index (χ2n) is 8.29. The van der Waals surface area contributed by atoms with E-state index >= 15 is 0 Å². The molecule has 0 aliphatic carbocycles. The van der Waals surface area contributed by atoms with Crippen molar-refractivity contribution in [3.05, 3.63) is 64.6 Å².